The van der Waals surface area contributed by atoms with Crippen LogP contribution in [0.2, 0.25) is 5.02 Å². The molecule has 2 N–H and O–H groups in total. The SMILES string of the molecule is NCCS(=O)(=O)C/C=C/c1ccc(Cl)cc1. The van der Waals surface area contributed by atoms with Crippen molar-refractivity contribution in [1.82, 2.24) is 0 Å². The number of rotatable bonds is 5. The van der Waals surface area contributed by atoms with Gasteiger partial charge in [0.1, 0.15) is 0 Å². The van der Waals surface area contributed by atoms with Crippen molar-refractivity contribution in [2.75, 3.05) is 18.1 Å². The van der Waals surface area contributed by atoms with E-state index in [2.05, 4.69) is 0 Å². The molecule has 0 heterocycles. The zero-order valence-corrected chi connectivity index (χ0v) is 10.3. The van der Waals surface area contributed by atoms with Crippen molar-refractivity contribution in [1.29, 1.82) is 0 Å². The Morgan fingerprint density at radius 1 is 1.25 bits per heavy atom. The highest BCUT2D eigenvalue weighted by Crippen LogP contribution is 2.10. The van der Waals surface area contributed by atoms with E-state index in [4.69, 9.17) is 17.3 Å². The third-order valence-corrected chi connectivity index (χ3v) is 3.77. The molecule has 16 heavy (non-hydrogen) atoms. The fourth-order valence-electron chi connectivity index (χ4n) is 1.17. The van der Waals surface area contributed by atoms with Crippen LogP contribution in [0.15, 0.2) is 30.3 Å². The Hall–Kier alpha value is -0.840. The second kappa shape index (κ2) is 6.03. The smallest absolute Gasteiger partial charge is 0.155 e. The zero-order valence-electron chi connectivity index (χ0n) is 8.77. The van der Waals surface area contributed by atoms with Gasteiger partial charge >= 0.3 is 0 Å². The van der Waals surface area contributed by atoms with E-state index in [0.717, 1.165) is 5.56 Å². The first-order valence-corrected chi connectivity index (χ1v) is 7.06. The van der Waals surface area contributed by atoms with E-state index in [1.807, 2.05) is 12.1 Å². The molecule has 0 atom stereocenters. The first kappa shape index (κ1) is 13.2. The van der Waals surface area contributed by atoms with Crippen LogP contribution in [0, 0.1) is 0 Å². The number of nitrogens with two attached hydrogens (primary N) is 1. The van der Waals surface area contributed by atoms with E-state index in [9.17, 15) is 8.42 Å². The standard InChI is InChI=1S/C11H14ClNO2S/c12-11-5-3-10(4-6-11)2-1-8-16(14,15)9-7-13/h1-6H,7-9,13H2/b2-1+. The van der Waals surface area contributed by atoms with Crippen molar-refractivity contribution < 1.29 is 8.42 Å². The molecule has 0 fully saturated rings. The lowest BCUT2D eigenvalue weighted by molar-refractivity contribution is 0.599. The molecule has 5 heteroatoms. The first-order chi connectivity index (χ1) is 7.53. The van der Waals surface area contributed by atoms with Gasteiger partial charge in [0, 0.05) is 11.6 Å². The van der Waals surface area contributed by atoms with Crippen molar-refractivity contribution in [2.24, 2.45) is 5.73 Å². The van der Waals surface area contributed by atoms with Crippen LogP contribution in [0.4, 0.5) is 0 Å². The third-order valence-electron chi connectivity index (χ3n) is 1.96. The van der Waals surface area contributed by atoms with Crippen molar-refractivity contribution >= 4 is 27.5 Å². The minimum absolute atomic E-state index is 0.0207. The molecular formula is C11H14ClNO2S. The third kappa shape index (κ3) is 4.79. The molecule has 0 bridgehead atoms. The molecule has 1 rings (SSSR count). The van der Waals surface area contributed by atoms with E-state index >= 15 is 0 Å². The van der Waals surface area contributed by atoms with Gasteiger partial charge in [0.15, 0.2) is 9.84 Å². The molecule has 1 aromatic rings. The van der Waals surface area contributed by atoms with Crippen LogP contribution in [0.1, 0.15) is 5.56 Å². The van der Waals surface area contributed by atoms with E-state index in [1.54, 1.807) is 24.3 Å². The molecule has 0 spiro atoms. The number of benzene rings is 1. The summed E-state index contributed by atoms with van der Waals surface area (Å²) < 4.78 is 22.6. The molecule has 0 radical (unpaired) electrons. The number of sulfone groups is 1. The van der Waals surface area contributed by atoms with Crippen LogP contribution in [-0.4, -0.2) is 26.5 Å². The molecule has 3 nitrogen and oxygen atoms in total. The van der Waals surface area contributed by atoms with E-state index in [-0.39, 0.29) is 18.1 Å². The summed E-state index contributed by atoms with van der Waals surface area (Å²) in [7, 11) is -3.05. The Kier molecular flexibility index (Phi) is 4.99. The monoisotopic (exact) mass is 259 g/mol. The molecule has 0 saturated carbocycles. The Balaban J connectivity index is 2.58. The zero-order chi connectivity index (χ0) is 12.0. The largest absolute Gasteiger partial charge is 0.329 e. The summed E-state index contributed by atoms with van der Waals surface area (Å²) in [6, 6.07) is 7.17. The second-order valence-corrected chi connectivity index (χ2v) is 6.02. The topological polar surface area (TPSA) is 60.2 Å². The quantitative estimate of drug-likeness (QED) is 0.876. The summed E-state index contributed by atoms with van der Waals surface area (Å²) in [6.07, 6.45) is 3.37. The van der Waals surface area contributed by atoms with Crippen LogP contribution in [0.3, 0.4) is 0 Å². The molecule has 0 aliphatic rings. The first-order valence-electron chi connectivity index (χ1n) is 4.86. The Morgan fingerprint density at radius 2 is 1.88 bits per heavy atom. The lowest BCUT2D eigenvalue weighted by Crippen LogP contribution is -2.17. The van der Waals surface area contributed by atoms with E-state index in [1.165, 1.54) is 0 Å². The number of hydrogen-bond donors (Lipinski definition) is 1. The Labute approximate surface area is 101 Å². The molecule has 0 aliphatic heterocycles. The van der Waals surface area contributed by atoms with Crippen LogP contribution >= 0.6 is 11.6 Å². The fraction of sp³-hybridized carbons (Fsp3) is 0.273. The van der Waals surface area contributed by atoms with Crippen LogP contribution < -0.4 is 5.73 Å². The van der Waals surface area contributed by atoms with E-state index in [0.29, 0.717) is 5.02 Å². The molecule has 0 saturated heterocycles. The number of halogens is 1. The number of hydrogen-bond acceptors (Lipinski definition) is 3. The highest BCUT2D eigenvalue weighted by molar-refractivity contribution is 7.91. The lowest BCUT2D eigenvalue weighted by atomic mass is 10.2. The molecule has 0 aromatic heterocycles. The van der Waals surface area contributed by atoms with Crippen LogP contribution in [0.25, 0.3) is 6.08 Å². The maximum atomic E-state index is 11.3. The van der Waals surface area contributed by atoms with Gasteiger partial charge in [-0.1, -0.05) is 35.9 Å². The Morgan fingerprint density at radius 3 is 2.44 bits per heavy atom. The molecule has 0 unspecified atom stereocenters. The van der Waals surface area contributed by atoms with Gasteiger partial charge in [0.05, 0.1) is 11.5 Å². The summed E-state index contributed by atoms with van der Waals surface area (Å²) in [4.78, 5) is 0. The van der Waals surface area contributed by atoms with Gasteiger partial charge in [0.25, 0.3) is 0 Å². The maximum absolute atomic E-state index is 11.3. The predicted octanol–water partition coefficient (Wildman–Crippen LogP) is 1.73. The summed E-state index contributed by atoms with van der Waals surface area (Å²) >= 11 is 5.73. The molecule has 0 amide bonds. The summed E-state index contributed by atoms with van der Waals surface area (Å²) in [5.41, 5.74) is 6.12. The minimum Gasteiger partial charge on any atom is -0.329 e. The predicted molar refractivity (Wildman–Crippen MR) is 68.2 cm³/mol. The van der Waals surface area contributed by atoms with Crippen molar-refractivity contribution in [2.45, 2.75) is 0 Å². The van der Waals surface area contributed by atoms with Gasteiger partial charge in [-0.3, -0.25) is 0 Å². The van der Waals surface area contributed by atoms with Crippen molar-refractivity contribution in [3.05, 3.63) is 40.9 Å². The van der Waals surface area contributed by atoms with Gasteiger partial charge in [0.2, 0.25) is 0 Å². The van der Waals surface area contributed by atoms with Crippen molar-refractivity contribution in [3.8, 4) is 0 Å². The molecule has 88 valence electrons. The average Bonchev–Trinajstić information content (AvgIpc) is 2.20. The Bertz CT molecular complexity index is 451. The van der Waals surface area contributed by atoms with Crippen molar-refractivity contribution in [3.63, 3.8) is 0 Å². The van der Waals surface area contributed by atoms with Gasteiger partial charge in [-0.05, 0) is 17.7 Å². The fourth-order valence-corrected chi connectivity index (χ4v) is 2.21. The van der Waals surface area contributed by atoms with Gasteiger partial charge < -0.3 is 5.73 Å². The summed E-state index contributed by atoms with van der Waals surface area (Å²) in [5.74, 6) is 0.0464. The normalized spacial score (nSPS) is 12.1. The maximum Gasteiger partial charge on any atom is 0.155 e. The van der Waals surface area contributed by atoms with Gasteiger partial charge in [-0.15, -0.1) is 0 Å². The molecular weight excluding hydrogens is 246 g/mol. The van der Waals surface area contributed by atoms with Gasteiger partial charge in [-0.25, -0.2) is 8.42 Å². The summed E-state index contributed by atoms with van der Waals surface area (Å²) in [5, 5.41) is 0.660. The highest BCUT2D eigenvalue weighted by atomic mass is 35.5. The van der Waals surface area contributed by atoms with Gasteiger partial charge in [-0.2, -0.15) is 0 Å². The lowest BCUT2D eigenvalue weighted by Gasteiger charge is -1.97. The highest BCUT2D eigenvalue weighted by Gasteiger charge is 2.05. The average molecular weight is 260 g/mol. The van der Waals surface area contributed by atoms with Crippen LogP contribution in [-0.2, 0) is 9.84 Å². The van der Waals surface area contributed by atoms with Crippen LogP contribution in [0.5, 0.6) is 0 Å². The minimum atomic E-state index is -3.05. The molecule has 1 aromatic carbocycles. The van der Waals surface area contributed by atoms with E-state index < -0.39 is 9.84 Å². The molecule has 0 aliphatic carbocycles. The second-order valence-electron chi connectivity index (χ2n) is 3.36. The summed E-state index contributed by atoms with van der Waals surface area (Å²) in [6.45, 7) is 0.164.